The smallest absolute Gasteiger partial charge is 0.221 e. The SMILES string of the molecule is CC1CCN(C2CCCNC(=O)C2)CC1CN. The van der Waals surface area contributed by atoms with Crippen LogP contribution in [0.5, 0.6) is 0 Å². The van der Waals surface area contributed by atoms with Gasteiger partial charge in [0.2, 0.25) is 5.91 Å². The first-order valence-corrected chi connectivity index (χ1v) is 6.91. The molecule has 0 aliphatic carbocycles. The van der Waals surface area contributed by atoms with Gasteiger partial charge >= 0.3 is 0 Å². The fraction of sp³-hybridized carbons (Fsp3) is 0.923. The predicted molar refractivity (Wildman–Crippen MR) is 68.5 cm³/mol. The van der Waals surface area contributed by atoms with Crippen molar-refractivity contribution in [3.05, 3.63) is 0 Å². The molecule has 0 saturated carbocycles. The number of piperidine rings is 1. The van der Waals surface area contributed by atoms with E-state index in [1.165, 1.54) is 6.42 Å². The molecule has 4 nitrogen and oxygen atoms in total. The fourth-order valence-electron chi connectivity index (χ4n) is 3.08. The van der Waals surface area contributed by atoms with E-state index in [2.05, 4.69) is 17.1 Å². The molecule has 2 aliphatic heterocycles. The van der Waals surface area contributed by atoms with Crippen molar-refractivity contribution in [2.75, 3.05) is 26.2 Å². The third-order valence-electron chi connectivity index (χ3n) is 4.42. The van der Waals surface area contributed by atoms with Crippen molar-refractivity contribution in [2.24, 2.45) is 17.6 Å². The van der Waals surface area contributed by atoms with Gasteiger partial charge in [0.15, 0.2) is 0 Å². The molecule has 0 aromatic heterocycles. The molecule has 2 rings (SSSR count). The van der Waals surface area contributed by atoms with Gasteiger partial charge in [-0.1, -0.05) is 6.92 Å². The molecule has 2 saturated heterocycles. The second kappa shape index (κ2) is 5.83. The molecule has 0 aromatic rings. The number of hydrogen-bond donors (Lipinski definition) is 2. The lowest BCUT2D eigenvalue weighted by atomic mass is 9.86. The van der Waals surface area contributed by atoms with Gasteiger partial charge in [-0.3, -0.25) is 9.69 Å². The Labute approximate surface area is 104 Å². The zero-order valence-corrected chi connectivity index (χ0v) is 10.8. The van der Waals surface area contributed by atoms with Crippen molar-refractivity contribution in [3.8, 4) is 0 Å². The Balaban J connectivity index is 1.94. The summed E-state index contributed by atoms with van der Waals surface area (Å²) in [5.74, 6) is 1.56. The second-order valence-electron chi connectivity index (χ2n) is 5.61. The predicted octanol–water partition coefficient (Wildman–Crippen LogP) is 0.572. The number of nitrogens with one attached hydrogen (secondary N) is 1. The monoisotopic (exact) mass is 239 g/mol. The number of nitrogens with two attached hydrogens (primary N) is 1. The molecule has 3 atom stereocenters. The highest BCUT2D eigenvalue weighted by Gasteiger charge is 2.30. The number of likely N-dealkylation sites (tertiary alicyclic amines) is 1. The van der Waals surface area contributed by atoms with E-state index in [4.69, 9.17) is 5.73 Å². The Hall–Kier alpha value is -0.610. The van der Waals surface area contributed by atoms with Crippen LogP contribution in [0.2, 0.25) is 0 Å². The summed E-state index contributed by atoms with van der Waals surface area (Å²) in [4.78, 5) is 14.1. The molecule has 3 N–H and O–H groups in total. The van der Waals surface area contributed by atoms with Crippen LogP contribution in [0, 0.1) is 11.8 Å². The maximum atomic E-state index is 11.6. The first-order chi connectivity index (χ1) is 8.20. The summed E-state index contributed by atoms with van der Waals surface area (Å²) in [6.45, 7) is 6.14. The van der Waals surface area contributed by atoms with Gasteiger partial charge in [-0.15, -0.1) is 0 Å². The van der Waals surface area contributed by atoms with Gasteiger partial charge in [0.05, 0.1) is 0 Å². The van der Waals surface area contributed by atoms with Crippen LogP contribution in [0.15, 0.2) is 0 Å². The number of rotatable bonds is 2. The molecule has 0 radical (unpaired) electrons. The normalized spacial score (nSPS) is 36.4. The second-order valence-corrected chi connectivity index (χ2v) is 5.61. The average Bonchev–Trinajstić information content (AvgIpc) is 2.54. The number of amides is 1. The van der Waals surface area contributed by atoms with Gasteiger partial charge in [-0.05, 0) is 44.2 Å². The Bertz CT molecular complexity index is 269. The van der Waals surface area contributed by atoms with E-state index in [-0.39, 0.29) is 5.91 Å². The molecule has 1 amide bonds. The summed E-state index contributed by atoms with van der Waals surface area (Å²) < 4.78 is 0. The molecule has 2 aliphatic rings. The molecule has 0 bridgehead atoms. The summed E-state index contributed by atoms with van der Waals surface area (Å²) in [7, 11) is 0. The minimum Gasteiger partial charge on any atom is -0.356 e. The standard InChI is InChI=1S/C13H25N3O/c1-10-4-6-16(9-11(10)8-14)12-3-2-5-15-13(17)7-12/h10-12H,2-9,14H2,1H3,(H,15,17). The molecule has 2 fully saturated rings. The van der Waals surface area contributed by atoms with Crippen molar-refractivity contribution >= 4 is 5.91 Å². The Kier molecular flexibility index (Phi) is 4.40. The van der Waals surface area contributed by atoms with Crippen LogP contribution >= 0.6 is 0 Å². The first-order valence-electron chi connectivity index (χ1n) is 6.91. The van der Waals surface area contributed by atoms with Gasteiger partial charge in [0.1, 0.15) is 0 Å². The van der Waals surface area contributed by atoms with Crippen molar-refractivity contribution < 1.29 is 4.79 Å². The highest BCUT2D eigenvalue weighted by Crippen LogP contribution is 2.26. The van der Waals surface area contributed by atoms with E-state index in [0.29, 0.717) is 18.4 Å². The molecule has 98 valence electrons. The zero-order valence-electron chi connectivity index (χ0n) is 10.8. The van der Waals surface area contributed by atoms with Crippen LogP contribution in [-0.4, -0.2) is 43.0 Å². The van der Waals surface area contributed by atoms with E-state index < -0.39 is 0 Å². The van der Waals surface area contributed by atoms with Gasteiger partial charge in [0.25, 0.3) is 0 Å². The lowest BCUT2D eigenvalue weighted by Crippen LogP contribution is -2.48. The van der Waals surface area contributed by atoms with E-state index in [1.807, 2.05) is 0 Å². The van der Waals surface area contributed by atoms with E-state index in [9.17, 15) is 4.79 Å². The Morgan fingerprint density at radius 1 is 1.47 bits per heavy atom. The van der Waals surface area contributed by atoms with Crippen LogP contribution < -0.4 is 11.1 Å². The highest BCUT2D eigenvalue weighted by atomic mass is 16.1. The molecular weight excluding hydrogens is 214 g/mol. The van der Waals surface area contributed by atoms with Gasteiger partial charge < -0.3 is 11.1 Å². The largest absolute Gasteiger partial charge is 0.356 e. The van der Waals surface area contributed by atoms with Crippen LogP contribution in [-0.2, 0) is 4.79 Å². The Morgan fingerprint density at radius 3 is 3.06 bits per heavy atom. The Morgan fingerprint density at radius 2 is 2.29 bits per heavy atom. The van der Waals surface area contributed by atoms with Gasteiger partial charge in [-0.25, -0.2) is 0 Å². The third kappa shape index (κ3) is 3.19. The first kappa shape index (κ1) is 12.8. The van der Waals surface area contributed by atoms with Crippen molar-refractivity contribution in [1.29, 1.82) is 0 Å². The van der Waals surface area contributed by atoms with Crippen LogP contribution in [0.1, 0.15) is 32.6 Å². The maximum absolute atomic E-state index is 11.6. The summed E-state index contributed by atoms with van der Waals surface area (Å²) >= 11 is 0. The van der Waals surface area contributed by atoms with Crippen molar-refractivity contribution in [1.82, 2.24) is 10.2 Å². The fourth-order valence-corrected chi connectivity index (χ4v) is 3.08. The maximum Gasteiger partial charge on any atom is 0.221 e. The molecular formula is C13H25N3O. The summed E-state index contributed by atoms with van der Waals surface area (Å²) in [6, 6.07) is 0.444. The van der Waals surface area contributed by atoms with Gasteiger partial charge in [0, 0.05) is 25.6 Å². The average molecular weight is 239 g/mol. The minimum absolute atomic E-state index is 0.218. The molecule has 4 heteroatoms. The van der Waals surface area contributed by atoms with Crippen molar-refractivity contribution in [3.63, 3.8) is 0 Å². The summed E-state index contributed by atoms with van der Waals surface area (Å²) in [6.07, 6.45) is 4.14. The number of carbonyl (C=O) groups is 1. The zero-order chi connectivity index (χ0) is 12.3. The summed E-state index contributed by atoms with van der Waals surface area (Å²) in [5, 5.41) is 2.96. The van der Waals surface area contributed by atoms with Crippen LogP contribution in [0.3, 0.4) is 0 Å². The molecule has 2 heterocycles. The van der Waals surface area contributed by atoms with Crippen LogP contribution in [0.25, 0.3) is 0 Å². The highest BCUT2D eigenvalue weighted by molar-refractivity contribution is 5.76. The quantitative estimate of drug-likeness (QED) is 0.741. The minimum atomic E-state index is 0.218. The topological polar surface area (TPSA) is 58.4 Å². The van der Waals surface area contributed by atoms with E-state index >= 15 is 0 Å². The lowest BCUT2D eigenvalue weighted by Gasteiger charge is -2.40. The third-order valence-corrected chi connectivity index (χ3v) is 4.42. The van der Waals surface area contributed by atoms with E-state index in [0.717, 1.165) is 44.9 Å². The molecule has 0 aromatic carbocycles. The van der Waals surface area contributed by atoms with Crippen LogP contribution in [0.4, 0.5) is 0 Å². The number of hydrogen-bond acceptors (Lipinski definition) is 3. The van der Waals surface area contributed by atoms with E-state index in [1.54, 1.807) is 0 Å². The molecule has 17 heavy (non-hydrogen) atoms. The lowest BCUT2D eigenvalue weighted by molar-refractivity contribution is -0.122. The molecule has 3 unspecified atom stereocenters. The number of nitrogens with zero attached hydrogens (tertiary/aromatic N) is 1. The number of carbonyl (C=O) groups excluding carboxylic acids is 1. The van der Waals surface area contributed by atoms with Gasteiger partial charge in [-0.2, -0.15) is 0 Å². The summed E-state index contributed by atoms with van der Waals surface area (Å²) in [5.41, 5.74) is 5.84. The molecule has 0 spiro atoms. The van der Waals surface area contributed by atoms with Crippen molar-refractivity contribution in [2.45, 2.75) is 38.6 Å².